The van der Waals surface area contributed by atoms with E-state index in [9.17, 15) is 14.3 Å². The van der Waals surface area contributed by atoms with Crippen LogP contribution in [-0.4, -0.2) is 38.8 Å². The molecule has 2 N–H and O–H groups in total. The number of hydrazone groups is 1. The first kappa shape index (κ1) is 18.9. The van der Waals surface area contributed by atoms with Crippen LogP contribution >= 0.6 is 0 Å². The third-order valence-electron chi connectivity index (χ3n) is 3.55. The number of aromatic hydroxyl groups is 1. The molecule has 0 radical (unpaired) electrons. The molecule has 0 aliphatic rings. The molecule has 0 unspecified atom stereocenters. The van der Waals surface area contributed by atoms with Gasteiger partial charge < -0.3 is 9.84 Å². The van der Waals surface area contributed by atoms with Crippen LogP contribution in [0.1, 0.15) is 23.0 Å². The van der Waals surface area contributed by atoms with Crippen LogP contribution in [-0.2, 0) is 0 Å². The van der Waals surface area contributed by atoms with Crippen LogP contribution in [0.15, 0.2) is 54.0 Å². The summed E-state index contributed by atoms with van der Waals surface area (Å²) in [5, 5.41) is 13.0. The Hall–Kier alpha value is -3.88. The van der Waals surface area contributed by atoms with Gasteiger partial charge in [0.05, 0.1) is 42.7 Å². The summed E-state index contributed by atoms with van der Waals surface area (Å²) in [7, 11) is 0. The number of ether oxygens (including phenoxy) is 1. The molecule has 9 heteroatoms. The van der Waals surface area contributed by atoms with E-state index in [0.717, 1.165) is 29.8 Å². The summed E-state index contributed by atoms with van der Waals surface area (Å²) in [5.41, 5.74) is 3.46. The number of hydrogen-bond acceptors (Lipinski definition) is 7. The zero-order chi connectivity index (χ0) is 19.9. The molecule has 0 saturated heterocycles. The van der Waals surface area contributed by atoms with Crippen LogP contribution in [0.4, 0.5) is 4.39 Å². The van der Waals surface area contributed by atoms with E-state index in [0.29, 0.717) is 12.3 Å². The van der Waals surface area contributed by atoms with E-state index < -0.39 is 11.9 Å². The van der Waals surface area contributed by atoms with Gasteiger partial charge in [-0.2, -0.15) is 9.49 Å². The van der Waals surface area contributed by atoms with E-state index in [1.807, 2.05) is 19.1 Å². The van der Waals surface area contributed by atoms with Crippen LogP contribution in [0.25, 0.3) is 11.3 Å². The Balaban J connectivity index is 1.71. The third kappa shape index (κ3) is 4.64. The Labute approximate surface area is 159 Å². The molecule has 28 heavy (non-hydrogen) atoms. The fourth-order valence-corrected chi connectivity index (χ4v) is 2.26. The molecule has 1 aromatic carbocycles. The number of aromatic nitrogens is 3. The third-order valence-corrected chi connectivity index (χ3v) is 3.55. The van der Waals surface area contributed by atoms with Crippen LogP contribution < -0.4 is 10.2 Å². The van der Waals surface area contributed by atoms with Gasteiger partial charge in [-0.25, -0.2) is 15.4 Å². The fraction of sp³-hybridized carbons (Fsp3) is 0.105. The molecule has 3 rings (SSSR count). The van der Waals surface area contributed by atoms with Crippen molar-refractivity contribution in [2.75, 3.05) is 6.61 Å². The second-order valence-electron chi connectivity index (χ2n) is 5.52. The maximum absolute atomic E-state index is 13.5. The van der Waals surface area contributed by atoms with Crippen LogP contribution in [0.5, 0.6) is 11.5 Å². The number of carbonyl (C=O) groups excluding carboxylic acids is 1. The van der Waals surface area contributed by atoms with Gasteiger partial charge in [-0.05, 0) is 37.3 Å². The molecule has 0 fully saturated rings. The Morgan fingerprint density at radius 3 is 2.82 bits per heavy atom. The minimum absolute atomic E-state index is 0.0399. The first-order chi connectivity index (χ1) is 13.6. The summed E-state index contributed by atoms with van der Waals surface area (Å²) >= 11 is 0. The SMILES string of the molecule is CCOc1ccc(-c2cncc(C(=O)N/N=C/c3cc(O)cnc3F)n2)cc1. The number of carbonyl (C=O) groups is 1. The Kier molecular flexibility index (Phi) is 5.85. The topological polar surface area (TPSA) is 110 Å². The van der Waals surface area contributed by atoms with Crippen molar-refractivity contribution in [1.29, 1.82) is 0 Å². The summed E-state index contributed by atoms with van der Waals surface area (Å²) in [6.07, 6.45) is 4.82. The highest BCUT2D eigenvalue weighted by molar-refractivity contribution is 5.93. The molecule has 142 valence electrons. The minimum atomic E-state index is -0.826. The number of nitrogens with zero attached hydrogens (tertiary/aromatic N) is 4. The lowest BCUT2D eigenvalue weighted by Gasteiger charge is -2.05. The molecule has 0 atom stereocenters. The second-order valence-corrected chi connectivity index (χ2v) is 5.52. The lowest BCUT2D eigenvalue weighted by Crippen LogP contribution is -2.19. The normalized spacial score (nSPS) is 10.8. The van der Waals surface area contributed by atoms with Gasteiger partial charge >= 0.3 is 0 Å². The molecule has 0 aliphatic carbocycles. The van der Waals surface area contributed by atoms with E-state index in [4.69, 9.17) is 4.74 Å². The Morgan fingerprint density at radius 1 is 1.29 bits per heavy atom. The highest BCUT2D eigenvalue weighted by Gasteiger charge is 2.10. The molecule has 0 aliphatic heterocycles. The average Bonchev–Trinajstić information content (AvgIpc) is 2.71. The van der Waals surface area contributed by atoms with Gasteiger partial charge in [-0.1, -0.05) is 0 Å². The highest BCUT2D eigenvalue weighted by Crippen LogP contribution is 2.20. The van der Waals surface area contributed by atoms with E-state index in [-0.39, 0.29) is 17.0 Å². The first-order valence-corrected chi connectivity index (χ1v) is 8.30. The van der Waals surface area contributed by atoms with Gasteiger partial charge in [0.25, 0.3) is 5.91 Å². The quantitative estimate of drug-likeness (QED) is 0.386. The van der Waals surface area contributed by atoms with Crippen molar-refractivity contribution in [2.45, 2.75) is 6.92 Å². The van der Waals surface area contributed by atoms with Crippen molar-refractivity contribution in [2.24, 2.45) is 5.10 Å². The zero-order valence-electron chi connectivity index (χ0n) is 14.8. The Morgan fingerprint density at radius 2 is 2.07 bits per heavy atom. The van der Waals surface area contributed by atoms with Crippen molar-refractivity contribution in [3.8, 4) is 22.8 Å². The summed E-state index contributed by atoms with van der Waals surface area (Å²) in [6.45, 7) is 2.47. The van der Waals surface area contributed by atoms with E-state index >= 15 is 0 Å². The number of benzene rings is 1. The van der Waals surface area contributed by atoms with E-state index in [1.165, 1.54) is 12.4 Å². The van der Waals surface area contributed by atoms with Crippen molar-refractivity contribution >= 4 is 12.1 Å². The lowest BCUT2D eigenvalue weighted by molar-refractivity contribution is 0.0950. The summed E-state index contributed by atoms with van der Waals surface area (Å²) in [5.74, 6) is -0.933. The van der Waals surface area contributed by atoms with Crippen LogP contribution in [0.3, 0.4) is 0 Å². The van der Waals surface area contributed by atoms with E-state index in [2.05, 4.69) is 25.5 Å². The highest BCUT2D eigenvalue weighted by atomic mass is 19.1. The molecule has 2 heterocycles. The monoisotopic (exact) mass is 381 g/mol. The van der Waals surface area contributed by atoms with E-state index in [1.54, 1.807) is 12.1 Å². The number of hydrogen-bond donors (Lipinski definition) is 2. The standard InChI is InChI=1S/C19H16FN5O3/c1-2-28-15-5-3-12(4-6-15)16-10-21-11-17(24-16)19(27)25-23-8-13-7-14(26)9-22-18(13)20/h3-11,26H,2H2,1H3,(H,25,27)/b23-8+. The number of pyridine rings is 1. The average molecular weight is 381 g/mol. The predicted molar refractivity (Wildman–Crippen MR) is 99.6 cm³/mol. The number of amides is 1. The number of nitrogens with one attached hydrogen (secondary N) is 1. The second kappa shape index (κ2) is 8.67. The molecule has 2 aromatic heterocycles. The minimum Gasteiger partial charge on any atom is -0.506 e. The molecule has 8 nitrogen and oxygen atoms in total. The lowest BCUT2D eigenvalue weighted by atomic mass is 10.1. The van der Waals surface area contributed by atoms with Gasteiger partial charge in [-0.3, -0.25) is 9.78 Å². The smallest absolute Gasteiger partial charge is 0.291 e. The van der Waals surface area contributed by atoms with Gasteiger partial charge in [0, 0.05) is 5.56 Å². The molecule has 3 aromatic rings. The molecule has 0 saturated carbocycles. The number of rotatable bonds is 6. The first-order valence-electron chi connectivity index (χ1n) is 8.30. The maximum Gasteiger partial charge on any atom is 0.291 e. The van der Waals surface area contributed by atoms with Gasteiger partial charge in [0.15, 0.2) is 0 Å². The molecule has 0 bridgehead atoms. The maximum atomic E-state index is 13.5. The summed E-state index contributed by atoms with van der Waals surface area (Å²) < 4.78 is 18.9. The fourth-order valence-electron chi connectivity index (χ4n) is 2.26. The van der Waals surface area contributed by atoms with Crippen molar-refractivity contribution in [3.05, 3.63) is 66.1 Å². The summed E-state index contributed by atoms with van der Waals surface area (Å²) in [4.78, 5) is 23.8. The van der Waals surface area contributed by atoms with Gasteiger partial charge in [-0.15, -0.1) is 0 Å². The number of halogens is 1. The Bertz CT molecular complexity index is 1010. The molecular weight excluding hydrogens is 365 g/mol. The molecule has 1 amide bonds. The molecule has 0 spiro atoms. The van der Waals surface area contributed by atoms with Gasteiger partial charge in [0.2, 0.25) is 5.95 Å². The molecular formula is C19H16FN5O3. The largest absolute Gasteiger partial charge is 0.506 e. The zero-order valence-corrected chi connectivity index (χ0v) is 14.8. The van der Waals surface area contributed by atoms with Crippen molar-refractivity contribution in [1.82, 2.24) is 20.4 Å². The van der Waals surface area contributed by atoms with Crippen LogP contribution in [0.2, 0.25) is 0 Å². The van der Waals surface area contributed by atoms with Crippen LogP contribution in [0, 0.1) is 5.95 Å². The van der Waals surface area contributed by atoms with Crippen molar-refractivity contribution < 1.29 is 19.0 Å². The van der Waals surface area contributed by atoms with Gasteiger partial charge in [0.1, 0.15) is 17.2 Å². The predicted octanol–water partition coefficient (Wildman–Crippen LogP) is 2.55. The van der Waals surface area contributed by atoms with Crippen molar-refractivity contribution in [3.63, 3.8) is 0 Å². The summed E-state index contributed by atoms with van der Waals surface area (Å²) in [6, 6.07) is 8.36.